The van der Waals surface area contributed by atoms with E-state index in [0.29, 0.717) is 27.3 Å². The fourth-order valence-electron chi connectivity index (χ4n) is 2.04. The van der Waals surface area contributed by atoms with Crippen LogP contribution in [0.3, 0.4) is 0 Å². The molecule has 3 rings (SSSR count). The van der Waals surface area contributed by atoms with Gasteiger partial charge in [-0.3, -0.25) is 0 Å². The number of nitrogens with two attached hydrogens (primary N) is 1. The molecule has 0 saturated carbocycles. The summed E-state index contributed by atoms with van der Waals surface area (Å²) in [7, 11) is 1.59. The average Bonchev–Trinajstić information content (AvgIpc) is 2.63. The van der Waals surface area contributed by atoms with E-state index in [2.05, 4.69) is 15.3 Å². The Morgan fingerprint density at radius 3 is 2.44 bits per heavy atom. The van der Waals surface area contributed by atoms with Crippen LogP contribution in [-0.2, 0) is 0 Å². The minimum atomic E-state index is 0.223. The maximum absolute atomic E-state index is 6.17. The first-order valence-corrected chi connectivity index (χ1v) is 7.97. The van der Waals surface area contributed by atoms with E-state index < -0.39 is 0 Å². The molecule has 3 aromatic rings. The molecule has 3 N–H and O–H groups in total. The van der Waals surface area contributed by atoms with Crippen molar-refractivity contribution in [3.63, 3.8) is 0 Å². The fraction of sp³-hybridized carbons (Fsp3) is 0.0588. The maximum atomic E-state index is 6.17. The van der Waals surface area contributed by atoms with Crippen molar-refractivity contribution in [3.8, 4) is 17.4 Å². The Hall–Kier alpha value is -2.70. The second-order valence-electron chi connectivity index (χ2n) is 4.95. The van der Waals surface area contributed by atoms with Crippen molar-refractivity contribution >= 4 is 40.4 Å². The maximum Gasteiger partial charge on any atom is 0.248 e. The number of hydrogen-bond donors (Lipinski definition) is 2. The summed E-state index contributed by atoms with van der Waals surface area (Å²) in [6, 6.07) is 12.3. The van der Waals surface area contributed by atoms with E-state index in [-0.39, 0.29) is 11.6 Å². The lowest BCUT2D eigenvalue weighted by molar-refractivity contribution is 0.412. The third-order valence-electron chi connectivity index (χ3n) is 3.33. The second kappa shape index (κ2) is 7.46. The summed E-state index contributed by atoms with van der Waals surface area (Å²) < 4.78 is 10.8. The lowest BCUT2D eigenvalue weighted by Gasteiger charge is -2.13. The van der Waals surface area contributed by atoms with Crippen LogP contribution in [0.2, 0.25) is 10.0 Å². The van der Waals surface area contributed by atoms with Gasteiger partial charge >= 0.3 is 0 Å². The predicted octanol–water partition coefficient (Wildman–Crippen LogP) is 4.91. The number of aromatic nitrogens is 2. The molecule has 6 nitrogen and oxygen atoms in total. The summed E-state index contributed by atoms with van der Waals surface area (Å²) in [5.41, 5.74) is 6.93. The van der Waals surface area contributed by atoms with Gasteiger partial charge in [0.15, 0.2) is 5.82 Å². The Kier molecular flexibility index (Phi) is 5.11. The van der Waals surface area contributed by atoms with Crippen LogP contribution in [0.15, 0.2) is 48.8 Å². The lowest BCUT2D eigenvalue weighted by atomic mass is 10.3. The highest BCUT2D eigenvalue weighted by atomic mass is 35.5. The molecule has 1 aromatic heterocycles. The molecule has 2 aromatic carbocycles. The van der Waals surface area contributed by atoms with Crippen molar-refractivity contribution < 1.29 is 9.47 Å². The number of hydrogen-bond acceptors (Lipinski definition) is 6. The van der Waals surface area contributed by atoms with Gasteiger partial charge in [-0.05, 0) is 36.4 Å². The SMILES string of the molecule is COc1ccc(Oc2ncnc(Nc3cccc(Cl)c3Cl)c2N)cc1. The van der Waals surface area contributed by atoms with Gasteiger partial charge in [-0.15, -0.1) is 0 Å². The number of benzene rings is 2. The highest BCUT2D eigenvalue weighted by molar-refractivity contribution is 6.43. The first-order chi connectivity index (χ1) is 12.1. The van der Waals surface area contributed by atoms with E-state index >= 15 is 0 Å². The third kappa shape index (κ3) is 3.87. The van der Waals surface area contributed by atoms with Crippen LogP contribution in [0.5, 0.6) is 17.4 Å². The molecule has 0 aliphatic heterocycles. The van der Waals surface area contributed by atoms with Crippen molar-refractivity contribution in [2.75, 3.05) is 18.2 Å². The summed E-state index contributed by atoms with van der Waals surface area (Å²) in [5, 5.41) is 3.83. The van der Waals surface area contributed by atoms with Gasteiger partial charge in [0, 0.05) is 0 Å². The predicted molar refractivity (Wildman–Crippen MR) is 99.3 cm³/mol. The monoisotopic (exact) mass is 376 g/mol. The van der Waals surface area contributed by atoms with Gasteiger partial charge in [-0.1, -0.05) is 29.3 Å². The molecule has 25 heavy (non-hydrogen) atoms. The van der Waals surface area contributed by atoms with Gasteiger partial charge in [0.05, 0.1) is 22.8 Å². The number of ether oxygens (including phenoxy) is 2. The number of anilines is 3. The van der Waals surface area contributed by atoms with Gasteiger partial charge < -0.3 is 20.5 Å². The molecule has 0 fully saturated rings. The van der Waals surface area contributed by atoms with Gasteiger partial charge in [0.1, 0.15) is 23.5 Å². The van der Waals surface area contributed by atoms with Crippen LogP contribution in [0, 0.1) is 0 Å². The normalized spacial score (nSPS) is 10.4. The van der Waals surface area contributed by atoms with E-state index in [1.54, 1.807) is 49.6 Å². The van der Waals surface area contributed by atoms with Crippen molar-refractivity contribution in [2.45, 2.75) is 0 Å². The third-order valence-corrected chi connectivity index (χ3v) is 4.14. The van der Waals surface area contributed by atoms with Crippen molar-refractivity contribution in [1.29, 1.82) is 0 Å². The van der Waals surface area contributed by atoms with Crippen molar-refractivity contribution in [1.82, 2.24) is 9.97 Å². The highest BCUT2D eigenvalue weighted by Crippen LogP contribution is 2.35. The Bertz CT molecular complexity index is 888. The summed E-state index contributed by atoms with van der Waals surface area (Å²) in [5.74, 6) is 1.88. The van der Waals surface area contributed by atoms with Crippen LogP contribution in [0.25, 0.3) is 0 Å². The zero-order chi connectivity index (χ0) is 17.8. The molecule has 0 bridgehead atoms. The minimum Gasteiger partial charge on any atom is -0.497 e. The first-order valence-electron chi connectivity index (χ1n) is 7.22. The molecular formula is C17H14Cl2N4O2. The number of nitrogens with one attached hydrogen (secondary N) is 1. The molecule has 8 heteroatoms. The fourth-order valence-corrected chi connectivity index (χ4v) is 2.39. The Labute approximate surface area is 154 Å². The van der Waals surface area contributed by atoms with Crippen LogP contribution < -0.4 is 20.5 Å². The van der Waals surface area contributed by atoms with Gasteiger partial charge in [0.25, 0.3) is 0 Å². The lowest BCUT2D eigenvalue weighted by Crippen LogP contribution is -2.03. The van der Waals surface area contributed by atoms with Crippen LogP contribution in [-0.4, -0.2) is 17.1 Å². The molecule has 0 unspecified atom stereocenters. The first kappa shape index (κ1) is 17.1. The molecular weight excluding hydrogens is 363 g/mol. The summed E-state index contributed by atoms with van der Waals surface area (Å²) in [6.45, 7) is 0. The van der Waals surface area contributed by atoms with Crippen LogP contribution >= 0.6 is 23.2 Å². The van der Waals surface area contributed by atoms with E-state index in [4.69, 9.17) is 38.4 Å². The molecule has 0 atom stereocenters. The van der Waals surface area contributed by atoms with Gasteiger partial charge in [0.2, 0.25) is 5.88 Å². The molecule has 0 aliphatic carbocycles. The molecule has 0 saturated heterocycles. The van der Waals surface area contributed by atoms with E-state index in [1.807, 2.05) is 0 Å². The smallest absolute Gasteiger partial charge is 0.248 e. The van der Waals surface area contributed by atoms with Gasteiger partial charge in [-0.2, -0.15) is 4.98 Å². The number of rotatable bonds is 5. The number of nitrogens with zero attached hydrogens (tertiary/aromatic N) is 2. The summed E-state index contributed by atoms with van der Waals surface area (Å²) >= 11 is 12.2. The molecule has 1 heterocycles. The molecule has 128 valence electrons. The average molecular weight is 377 g/mol. The van der Waals surface area contributed by atoms with E-state index in [1.165, 1.54) is 6.33 Å². The van der Waals surface area contributed by atoms with Crippen molar-refractivity contribution in [3.05, 3.63) is 58.8 Å². The molecule has 0 amide bonds. The zero-order valence-corrected chi connectivity index (χ0v) is 14.7. The van der Waals surface area contributed by atoms with E-state index in [9.17, 15) is 0 Å². The molecule has 0 radical (unpaired) electrons. The molecule has 0 aliphatic rings. The number of halogens is 2. The highest BCUT2D eigenvalue weighted by Gasteiger charge is 2.13. The largest absolute Gasteiger partial charge is 0.497 e. The number of nitrogen functional groups attached to an aromatic ring is 1. The minimum absolute atomic E-state index is 0.223. The Balaban J connectivity index is 1.85. The Morgan fingerprint density at radius 2 is 1.72 bits per heavy atom. The van der Waals surface area contributed by atoms with Crippen molar-refractivity contribution in [2.24, 2.45) is 0 Å². The van der Waals surface area contributed by atoms with Crippen LogP contribution in [0.4, 0.5) is 17.2 Å². The molecule has 0 spiro atoms. The number of methoxy groups -OCH3 is 1. The Morgan fingerprint density at radius 1 is 1.00 bits per heavy atom. The quantitative estimate of drug-likeness (QED) is 0.658. The van der Waals surface area contributed by atoms with Gasteiger partial charge in [-0.25, -0.2) is 4.98 Å². The van der Waals surface area contributed by atoms with Crippen LogP contribution in [0.1, 0.15) is 0 Å². The summed E-state index contributed by atoms with van der Waals surface area (Å²) in [4.78, 5) is 8.19. The second-order valence-corrected chi connectivity index (χ2v) is 5.73. The summed E-state index contributed by atoms with van der Waals surface area (Å²) in [6.07, 6.45) is 1.34. The zero-order valence-electron chi connectivity index (χ0n) is 13.2. The topological polar surface area (TPSA) is 82.3 Å². The van der Waals surface area contributed by atoms with E-state index in [0.717, 1.165) is 5.75 Å². The standard InChI is InChI=1S/C17H14Cl2N4O2/c1-24-10-5-7-11(8-6-10)25-17-15(20)16(21-9-22-17)23-13-4-2-3-12(18)14(13)19/h2-9H,20H2,1H3,(H,21,22,23).